The minimum absolute atomic E-state index is 0.0680. The van der Waals surface area contributed by atoms with E-state index in [4.69, 9.17) is 0 Å². The molecule has 6 aromatic rings. The predicted octanol–water partition coefficient (Wildman–Crippen LogP) is 6.21. The Kier molecular flexibility index (Phi) is 5.30. The van der Waals surface area contributed by atoms with Gasteiger partial charge < -0.3 is 10.3 Å². The van der Waals surface area contributed by atoms with Gasteiger partial charge in [0.1, 0.15) is 5.69 Å². The molecule has 0 aliphatic rings. The third-order valence-electron chi connectivity index (χ3n) is 6.32. The van der Waals surface area contributed by atoms with Crippen molar-refractivity contribution in [2.45, 2.75) is 20.8 Å². The number of fused-ring (bicyclic) bond motifs is 2. The first-order chi connectivity index (χ1) is 17.9. The van der Waals surface area contributed by atoms with Crippen molar-refractivity contribution in [2.75, 3.05) is 5.32 Å². The molecule has 0 unspecified atom stereocenters. The monoisotopic (exact) mass is 487 g/mol. The lowest BCUT2D eigenvalue weighted by Gasteiger charge is -2.17. The van der Waals surface area contributed by atoms with Crippen LogP contribution in [0.15, 0.2) is 79.5 Å². The molecule has 1 amide bonds. The second-order valence-electron chi connectivity index (χ2n) is 10.1. The molecule has 0 atom stereocenters. The van der Waals surface area contributed by atoms with Crippen LogP contribution in [-0.2, 0) is 4.79 Å². The molecule has 37 heavy (non-hydrogen) atoms. The van der Waals surface area contributed by atoms with Crippen LogP contribution in [0.2, 0.25) is 0 Å². The van der Waals surface area contributed by atoms with Gasteiger partial charge in [0.25, 0.3) is 0 Å². The number of hydrogen-bond acceptors (Lipinski definition) is 5. The van der Waals surface area contributed by atoms with Crippen molar-refractivity contribution < 1.29 is 4.79 Å². The molecule has 5 heterocycles. The lowest BCUT2D eigenvalue weighted by Crippen LogP contribution is -2.27. The molecule has 8 heteroatoms. The van der Waals surface area contributed by atoms with Crippen LogP contribution in [0.5, 0.6) is 0 Å². The van der Waals surface area contributed by atoms with E-state index in [2.05, 4.69) is 59.7 Å². The fourth-order valence-corrected chi connectivity index (χ4v) is 4.31. The Hall–Kier alpha value is -4.85. The number of carbonyl (C=O) groups excluding carboxylic acids is 1. The maximum atomic E-state index is 12.4. The van der Waals surface area contributed by atoms with Gasteiger partial charge in [0.05, 0.1) is 17.6 Å². The minimum Gasteiger partial charge on any atom is -0.353 e. The molecule has 0 saturated carbocycles. The first-order valence-corrected chi connectivity index (χ1v) is 12.0. The number of aromatic nitrogens is 6. The number of hydrogen-bond donors (Lipinski definition) is 3. The Labute approximate surface area is 213 Å². The van der Waals surface area contributed by atoms with Gasteiger partial charge in [-0.05, 0) is 35.9 Å². The van der Waals surface area contributed by atoms with Gasteiger partial charge in [0.2, 0.25) is 5.91 Å². The first-order valence-electron chi connectivity index (χ1n) is 12.0. The molecule has 0 fully saturated rings. The molecule has 6 rings (SSSR count). The van der Waals surface area contributed by atoms with Crippen LogP contribution in [0.4, 0.5) is 5.69 Å². The number of aromatic amines is 2. The molecule has 0 aliphatic heterocycles. The van der Waals surface area contributed by atoms with Crippen LogP contribution in [0.1, 0.15) is 20.8 Å². The average Bonchev–Trinajstić information content (AvgIpc) is 3.52. The van der Waals surface area contributed by atoms with E-state index in [0.717, 1.165) is 49.9 Å². The third kappa shape index (κ3) is 4.23. The summed E-state index contributed by atoms with van der Waals surface area (Å²) in [5.74, 6) is -0.0680. The van der Waals surface area contributed by atoms with Crippen molar-refractivity contribution in [3.8, 4) is 33.6 Å². The van der Waals surface area contributed by atoms with Gasteiger partial charge >= 0.3 is 0 Å². The zero-order valence-corrected chi connectivity index (χ0v) is 20.7. The molecule has 0 spiro atoms. The zero-order valence-electron chi connectivity index (χ0n) is 20.7. The quantitative estimate of drug-likeness (QED) is 0.273. The highest BCUT2D eigenvalue weighted by atomic mass is 16.2. The topological polar surface area (TPSA) is 112 Å². The van der Waals surface area contributed by atoms with E-state index in [1.807, 2.05) is 51.2 Å². The third-order valence-corrected chi connectivity index (χ3v) is 6.32. The molecule has 3 N–H and O–H groups in total. The van der Waals surface area contributed by atoms with Crippen LogP contribution in [-0.4, -0.2) is 36.0 Å². The summed E-state index contributed by atoms with van der Waals surface area (Å²) < 4.78 is 0. The average molecular weight is 488 g/mol. The van der Waals surface area contributed by atoms with Crippen LogP contribution in [0, 0.1) is 5.41 Å². The number of H-pyrrole nitrogens is 2. The summed E-state index contributed by atoms with van der Waals surface area (Å²) >= 11 is 0. The Morgan fingerprint density at radius 2 is 1.70 bits per heavy atom. The SMILES string of the molecule is CC(C)(C)C(=O)Nc1cncc(-c2cnc3[nH]nc(-c4cc5c(-c6cccnc6)cccc5[nH]4)c3c2)c1. The Morgan fingerprint density at radius 3 is 2.51 bits per heavy atom. The molecule has 182 valence electrons. The molecule has 0 saturated heterocycles. The molecule has 5 aromatic heterocycles. The summed E-state index contributed by atoms with van der Waals surface area (Å²) in [5, 5.41) is 12.5. The van der Waals surface area contributed by atoms with E-state index in [1.54, 1.807) is 24.8 Å². The van der Waals surface area contributed by atoms with E-state index in [9.17, 15) is 4.79 Å². The number of pyridine rings is 3. The van der Waals surface area contributed by atoms with Crippen LogP contribution in [0.3, 0.4) is 0 Å². The lowest BCUT2D eigenvalue weighted by atomic mass is 9.95. The highest BCUT2D eigenvalue weighted by Crippen LogP contribution is 2.34. The number of amides is 1. The smallest absolute Gasteiger partial charge is 0.229 e. The van der Waals surface area contributed by atoms with Gasteiger partial charge in [-0.3, -0.25) is 19.9 Å². The summed E-state index contributed by atoms with van der Waals surface area (Å²) in [4.78, 5) is 29.2. The van der Waals surface area contributed by atoms with Gasteiger partial charge in [0, 0.05) is 63.2 Å². The second-order valence-corrected chi connectivity index (χ2v) is 10.1. The van der Waals surface area contributed by atoms with Crippen molar-refractivity contribution in [3.05, 3.63) is 79.5 Å². The number of benzene rings is 1. The molecule has 0 radical (unpaired) electrons. The maximum Gasteiger partial charge on any atom is 0.229 e. The summed E-state index contributed by atoms with van der Waals surface area (Å²) in [6, 6.07) is 16.2. The number of anilines is 1. The second kappa shape index (κ2) is 8.67. The molecule has 1 aromatic carbocycles. The summed E-state index contributed by atoms with van der Waals surface area (Å²) in [5.41, 5.74) is 7.40. The van der Waals surface area contributed by atoms with Crippen LogP contribution in [0.25, 0.3) is 55.6 Å². The Bertz CT molecular complexity index is 1760. The molecular weight excluding hydrogens is 462 g/mol. The van der Waals surface area contributed by atoms with Gasteiger partial charge in [-0.15, -0.1) is 0 Å². The van der Waals surface area contributed by atoms with Crippen molar-refractivity contribution in [3.63, 3.8) is 0 Å². The highest BCUT2D eigenvalue weighted by Gasteiger charge is 2.21. The molecular formula is C29H25N7O. The maximum absolute atomic E-state index is 12.4. The highest BCUT2D eigenvalue weighted by molar-refractivity contribution is 6.01. The number of rotatable bonds is 4. The van der Waals surface area contributed by atoms with Gasteiger partial charge in [-0.25, -0.2) is 4.98 Å². The zero-order chi connectivity index (χ0) is 25.6. The standard InChI is InChI=1S/C29H25N7O/c1-29(2,3)28(37)33-20-10-18(14-31-16-20)19-11-23-26(35-36-27(23)32-15-19)25-12-22-21(7-4-8-24(22)34-25)17-6-5-9-30-13-17/h4-16,34H,1-3H3,(H,33,37)(H,32,35,36). The predicted molar refractivity (Wildman–Crippen MR) is 146 cm³/mol. The largest absolute Gasteiger partial charge is 0.353 e. The molecule has 0 bridgehead atoms. The van der Waals surface area contributed by atoms with Crippen LogP contribution < -0.4 is 5.32 Å². The van der Waals surface area contributed by atoms with Gasteiger partial charge in [0.15, 0.2) is 5.65 Å². The van der Waals surface area contributed by atoms with E-state index in [1.165, 1.54) is 0 Å². The normalized spacial score (nSPS) is 11.8. The van der Waals surface area contributed by atoms with Crippen LogP contribution >= 0.6 is 0 Å². The van der Waals surface area contributed by atoms with Gasteiger partial charge in [-0.1, -0.05) is 39.0 Å². The number of nitrogens with one attached hydrogen (secondary N) is 3. The first kappa shape index (κ1) is 22.6. The summed E-state index contributed by atoms with van der Waals surface area (Å²) in [6.45, 7) is 5.63. The van der Waals surface area contributed by atoms with Gasteiger partial charge in [-0.2, -0.15) is 5.10 Å². The molecule has 0 aliphatic carbocycles. The number of carbonyl (C=O) groups is 1. The van der Waals surface area contributed by atoms with Crippen molar-refractivity contribution in [1.82, 2.24) is 30.1 Å². The van der Waals surface area contributed by atoms with Crippen molar-refractivity contribution in [1.29, 1.82) is 0 Å². The number of nitrogens with zero attached hydrogens (tertiary/aromatic N) is 4. The van der Waals surface area contributed by atoms with E-state index in [0.29, 0.717) is 11.3 Å². The fraction of sp³-hybridized carbons (Fsp3) is 0.138. The van der Waals surface area contributed by atoms with E-state index < -0.39 is 5.41 Å². The Morgan fingerprint density at radius 1 is 0.865 bits per heavy atom. The molecule has 8 nitrogen and oxygen atoms in total. The summed E-state index contributed by atoms with van der Waals surface area (Å²) in [7, 11) is 0. The lowest BCUT2D eigenvalue weighted by molar-refractivity contribution is -0.123. The fourth-order valence-electron chi connectivity index (χ4n) is 4.31. The van der Waals surface area contributed by atoms with E-state index in [-0.39, 0.29) is 5.91 Å². The minimum atomic E-state index is -0.501. The van der Waals surface area contributed by atoms with Crippen molar-refractivity contribution >= 4 is 33.5 Å². The van der Waals surface area contributed by atoms with Crippen molar-refractivity contribution in [2.24, 2.45) is 5.41 Å². The Balaban J connectivity index is 1.40. The summed E-state index contributed by atoms with van der Waals surface area (Å²) in [6.07, 6.45) is 8.83. The van der Waals surface area contributed by atoms with E-state index >= 15 is 0 Å².